The van der Waals surface area contributed by atoms with E-state index in [1.165, 1.54) is 0 Å². The third-order valence-corrected chi connectivity index (χ3v) is 4.68. The molecule has 0 amide bonds. The lowest BCUT2D eigenvalue weighted by molar-refractivity contribution is 0.0445. The monoisotopic (exact) mass is 353 g/mol. The van der Waals surface area contributed by atoms with Crippen LogP contribution in [0, 0.1) is 20.8 Å². The molecular weight excluding hydrogens is 330 g/mol. The summed E-state index contributed by atoms with van der Waals surface area (Å²) in [6.45, 7) is 8.36. The van der Waals surface area contributed by atoms with Crippen LogP contribution in [0.25, 0.3) is 11.0 Å². The summed E-state index contributed by atoms with van der Waals surface area (Å²) in [5, 5.41) is 0.869. The Balaban J connectivity index is 1.74. The van der Waals surface area contributed by atoms with Gasteiger partial charge in [0.05, 0.1) is 0 Å². The maximum atomic E-state index is 12.5. The Morgan fingerprint density at radius 3 is 2.58 bits per heavy atom. The van der Waals surface area contributed by atoms with Gasteiger partial charge in [0.25, 0.3) is 0 Å². The fourth-order valence-electron chi connectivity index (χ4n) is 3.29. The van der Waals surface area contributed by atoms with Gasteiger partial charge in [0.1, 0.15) is 5.58 Å². The highest BCUT2D eigenvalue weighted by atomic mass is 16.5. The number of fused-ring (bicyclic) bond motifs is 1. The van der Waals surface area contributed by atoms with Crippen LogP contribution < -0.4 is 0 Å². The summed E-state index contributed by atoms with van der Waals surface area (Å²) in [6, 6.07) is 9.27. The van der Waals surface area contributed by atoms with Crippen molar-refractivity contribution in [3.8, 4) is 0 Å². The molecule has 0 saturated heterocycles. The predicted molar refractivity (Wildman–Crippen MR) is 99.8 cm³/mol. The van der Waals surface area contributed by atoms with Crippen molar-refractivity contribution in [1.82, 2.24) is 4.57 Å². The van der Waals surface area contributed by atoms with Crippen molar-refractivity contribution in [3.63, 3.8) is 0 Å². The smallest absolute Gasteiger partial charge is 0.375 e. The molecule has 0 aliphatic heterocycles. The molecule has 0 radical (unpaired) electrons. The summed E-state index contributed by atoms with van der Waals surface area (Å²) >= 11 is 0. The molecule has 2 heterocycles. The molecule has 5 nitrogen and oxygen atoms in total. The van der Waals surface area contributed by atoms with Crippen molar-refractivity contribution < 1.29 is 18.7 Å². The maximum absolute atomic E-state index is 12.5. The topological polar surface area (TPSA) is 61.4 Å². The van der Waals surface area contributed by atoms with Crippen molar-refractivity contribution in [1.29, 1.82) is 0 Å². The van der Waals surface area contributed by atoms with Crippen molar-refractivity contribution in [2.24, 2.45) is 0 Å². The van der Waals surface area contributed by atoms with Crippen molar-refractivity contribution in [2.75, 3.05) is 6.61 Å². The molecule has 26 heavy (non-hydrogen) atoms. The van der Waals surface area contributed by atoms with Crippen LogP contribution in [-0.4, -0.2) is 22.9 Å². The Bertz CT molecular complexity index is 977. The zero-order valence-electron chi connectivity index (χ0n) is 15.6. The van der Waals surface area contributed by atoms with Crippen LogP contribution in [0.5, 0.6) is 0 Å². The Morgan fingerprint density at radius 2 is 1.88 bits per heavy atom. The largest absolute Gasteiger partial charge is 0.451 e. The summed E-state index contributed by atoms with van der Waals surface area (Å²) in [5.74, 6) is -0.674. The van der Waals surface area contributed by atoms with Gasteiger partial charge in [-0.15, -0.1) is 0 Å². The number of benzene rings is 1. The number of para-hydroxylation sites is 1. The van der Waals surface area contributed by atoms with E-state index >= 15 is 0 Å². The molecule has 0 bridgehead atoms. The average molecular weight is 353 g/mol. The lowest BCUT2D eigenvalue weighted by atomic mass is 10.1. The van der Waals surface area contributed by atoms with Gasteiger partial charge in [-0.3, -0.25) is 4.79 Å². The minimum Gasteiger partial charge on any atom is -0.451 e. The third kappa shape index (κ3) is 3.17. The lowest BCUT2D eigenvalue weighted by Gasteiger charge is -2.08. The minimum atomic E-state index is -0.616. The van der Waals surface area contributed by atoms with Gasteiger partial charge in [0, 0.05) is 34.4 Å². The number of carbonyl (C=O) groups is 2. The second-order valence-electron chi connectivity index (χ2n) is 6.49. The van der Waals surface area contributed by atoms with Gasteiger partial charge in [-0.25, -0.2) is 4.79 Å². The molecule has 0 aliphatic rings. The number of hydrogen-bond donors (Lipinski definition) is 0. The molecule has 3 aromatic rings. The van der Waals surface area contributed by atoms with E-state index < -0.39 is 5.97 Å². The molecule has 0 spiro atoms. The van der Waals surface area contributed by atoms with E-state index in [1.807, 2.05) is 45.0 Å². The number of aryl methyl sites for hydroxylation is 2. The highest BCUT2D eigenvalue weighted by molar-refractivity contribution is 6.01. The third-order valence-electron chi connectivity index (χ3n) is 4.68. The van der Waals surface area contributed by atoms with Crippen LogP contribution in [0.2, 0.25) is 0 Å². The van der Waals surface area contributed by atoms with Gasteiger partial charge in [0.15, 0.2) is 6.61 Å². The number of ether oxygens (including phenoxy) is 1. The second-order valence-corrected chi connectivity index (χ2v) is 6.49. The Kier molecular flexibility index (Phi) is 4.98. The Hall–Kier alpha value is -2.82. The molecule has 0 saturated carbocycles. The molecule has 136 valence electrons. The molecule has 5 heteroatoms. The van der Waals surface area contributed by atoms with E-state index in [0.29, 0.717) is 11.1 Å². The lowest BCUT2D eigenvalue weighted by Crippen LogP contribution is -2.15. The molecule has 0 atom stereocenters. The van der Waals surface area contributed by atoms with Crippen molar-refractivity contribution >= 4 is 22.7 Å². The van der Waals surface area contributed by atoms with E-state index in [1.54, 1.807) is 6.07 Å². The predicted octanol–water partition coefficient (Wildman–Crippen LogP) is 4.61. The number of esters is 1. The van der Waals surface area contributed by atoms with E-state index in [4.69, 9.17) is 9.15 Å². The van der Waals surface area contributed by atoms with Gasteiger partial charge in [-0.05, 0) is 39.3 Å². The van der Waals surface area contributed by atoms with Crippen LogP contribution in [0.1, 0.15) is 51.2 Å². The van der Waals surface area contributed by atoms with Crippen LogP contribution in [-0.2, 0) is 11.3 Å². The summed E-state index contributed by atoms with van der Waals surface area (Å²) < 4.78 is 12.9. The van der Waals surface area contributed by atoms with Crippen molar-refractivity contribution in [2.45, 2.75) is 40.7 Å². The zero-order valence-corrected chi connectivity index (χ0v) is 15.6. The molecule has 0 N–H and O–H groups in total. The number of aromatic nitrogens is 1. The van der Waals surface area contributed by atoms with Gasteiger partial charge < -0.3 is 13.7 Å². The summed E-state index contributed by atoms with van der Waals surface area (Å²) in [7, 11) is 0. The summed E-state index contributed by atoms with van der Waals surface area (Å²) in [5.41, 5.74) is 3.90. The molecule has 0 fully saturated rings. The van der Waals surface area contributed by atoms with Crippen molar-refractivity contribution in [3.05, 3.63) is 58.6 Å². The van der Waals surface area contributed by atoms with Crippen LogP contribution in [0.15, 0.2) is 34.7 Å². The number of Topliss-reactive ketones (excluding diaryl/α,β-unsaturated/α-hetero) is 1. The fourth-order valence-corrected chi connectivity index (χ4v) is 3.29. The number of carbonyl (C=O) groups excluding carboxylic acids is 2. The van der Waals surface area contributed by atoms with E-state index in [0.717, 1.165) is 35.3 Å². The summed E-state index contributed by atoms with van der Waals surface area (Å²) in [6.07, 6.45) is 0.990. The van der Waals surface area contributed by atoms with Gasteiger partial charge in [0.2, 0.25) is 11.5 Å². The molecular formula is C21H23NO4. The average Bonchev–Trinajstić information content (AvgIpc) is 3.12. The highest BCUT2D eigenvalue weighted by Gasteiger charge is 2.21. The Labute approximate surface area is 152 Å². The molecule has 2 aromatic heterocycles. The highest BCUT2D eigenvalue weighted by Crippen LogP contribution is 2.25. The fraction of sp³-hybridized carbons (Fsp3) is 0.333. The number of rotatable bonds is 6. The first-order chi connectivity index (χ1) is 12.4. The molecule has 1 aromatic carbocycles. The van der Waals surface area contributed by atoms with Gasteiger partial charge in [-0.1, -0.05) is 25.1 Å². The molecule has 3 rings (SSSR count). The molecule has 0 aliphatic carbocycles. The standard InChI is InChI=1S/C21H23NO4/c1-5-10-22-13(2)11-17(15(22)4)18(23)12-25-21(24)20-14(3)16-8-6-7-9-19(16)26-20/h6-9,11H,5,10,12H2,1-4H3. The van der Waals surface area contributed by atoms with Crippen LogP contribution in [0.4, 0.5) is 0 Å². The first kappa shape index (κ1) is 18.0. The number of furan rings is 1. The van der Waals surface area contributed by atoms with E-state index in [-0.39, 0.29) is 18.2 Å². The zero-order chi connectivity index (χ0) is 18.8. The van der Waals surface area contributed by atoms with E-state index in [2.05, 4.69) is 11.5 Å². The second kappa shape index (κ2) is 7.20. The van der Waals surface area contributed by atoms with Crippen LogP contribution in [0.3, 0.4) is 0 Å². The van der Waals surface area contributed by atoms with Gasteiger partial charge in [-0.2, -0.15) is 0 Å². The Morgan fingerprint density at radius 1 is 1.15 bits per heavy atom. The molecule has 0 unspecified atom stereocenters. The summed E-state index contributed by atoms with van der Waals surface area (Å²) in [4.78, 5) is 24.9. The normalized spacial score (nSPS) is 11.1. The number of ketones is 1. The van der Waals surface area contributed by atoms with E-state index in [9.17, 15) is 9.59 Å². The minimum absolute atomic E-state index is 0.149. The first-order valence-electron chi connectivity index (χ1n) is 8.79. The number of nitrogens with zero attached hydrogens (tertiary/aromatic N) is 1. The van der Waals surface area contributed by atoms with Gasteiger partial charge >= 0.3 is 5.97 Å². The maximum Gasteiger partial charge on any atom is 0.375 e. The number of hydrogen-bond acceptors (Lipinski definition) is 4. The first-order valence-corrected chi connectivity index (χ1v) is 8.79. The van der Waals surface area contributed by atoms with Crippen LogP contribution >= 0.6 is 0 Å². The quantitative estimate of drug-likeness (QED) is 0.480. The SMILES string of the molecule is CCCn1c(C)cc(C(=O)COC(=O)c2oc3ccccc3c2C)c1C.